The maximum atomic E-state index is 12.5. The number of anilines is 1. The standard InChI is InChI=1S/C23H23Cl2NO4/c1-14(30-20-10-9-15(24)11-18(20)25)22(28)29-13-16(27)12-21-23(2,3)17-7-5-6-8-19(17)26(21)4/h5-12,14H,13H2,1-4H3. The van der Waals surface area contributed by atoms with E-state index in [4.69, 9.17) is 32.7 Å². The highest BCUT2D eigenvalue weighted by molar-refractivity contribution is 6.35. The van der Waals surface area contributed by atoms with Crippen molar-refractivity contribution in [2.45, 2.75) is 32.3 Å². The zero-order valence-corrected chi connectivity index (χ0v) is 18.8. The highest BCUT2D eigenvalue weighted by Crippen LogP contribution is 2.46. The van der Waals surface area contributed by atoms with Crippen LogP contribution in [-0.4, -0.2) is 31.5 Å². The Morgan fingerprint density at radius 1 is 1.17 bits per heavy atom. The zero-order chi connectivity index (χ0) is 22.1. The molecule has 158 valence electrons. The van der Waals surface area contributed by atoms with Crippen LogP contribution in [0.1, 0.15) is 26.3 Å². The van der Waals surface area contributed by atoms with Gasteiger partial charge in [-0.05, 0) is 36.8 Å². The molecular weight excluding hydrogens is 425 g/mol. The monoisotopic (exact) mass is 447 g/mol. The van der Waals surface area contributed by atoms with Crippen LogP contribution in [0.4, 0.5) is 5.69 Å². The lowest BCUT2D eigenvalue weighted by atomic mass is 9.83. The van der Waals surface area contributed by atoms with Crippen LogP contribution in [0.3, 0.4) is 0 Å². The first kappa shape index (κ1) is 22.2. The van der Waals surface area contributed by atoms with Crippen LogP contribution < -0.4 is 9.64 Å². The molecule has 3 rings (SSSR count). The summed E-state index contributed by atoms with van der Waals surface area (Å²) in [6.07, 6.45) is 0.605. The second kappa shape index (κ2) is 8.70. The molecule has 1 heterocycles. The Morgan fingerprint density at radius 3 is 2.53 bits per heavy atom. The van der Waals surface area contributed by atoms with E-state index in [2.05, 4.69) is 19.9 Å². The molecule has 0 bridgehead atoms. The van der Waals surface area contributed by atoms with Crippen molar-refractivity contribution in [3.63, 3.8) is 0 Å². The maximum Gasteiger partial charge on any atom is 0.347 e. The first-order valence-electron chi connectivity index (χ1n) is 9.48. The Labute approximate surface area is 186 Å². The smallest absolute Gasteiger partial charge is 0.347 e. The average molecular weight is 448 g/mol. The average Bonchev–Trinajstić information content (AvgIpc) is 2.89. The number of carbonyl (C=O) groups is 2. The van der Waals surface area contributed by atoms with Gasteiger partial charge in [-0.25, -0.2) is 4.79 Å². The molecule has 5 nitrogen and oxygen atoms in total. The fraction of sp³-hybridized carbons (Fsp3) is 0.304. The lowest BCUT2D eigenvalue weighted by Gasteiger charge is -2.24. The van der Waals surface area contributed by atoms with Crippen molar-refractivity contribution in [1.29, 1.82) is 0 Å². The van der Waals surface area contributed by atoms with Crippen LogP contribution in [0, 0.1) is 0 Å². The van der Waals surface area contributed by atoms with Crippen molar-refractivity contribution in [3.8, 4) is 5.75 Å². The van der Waals surface area contributed by atoms with E-state index in [0.717, 1.165) is 16.9 Å². The Morgan fingerprint density at radius 2 is 1.87 bits per heavy atom. The van der Waals surface area contributed by atoms with Gasteiger partial charge in [0.2, 0.25) is 0 Å². The Hall–Kier alpha value is -2.50. The number of hydrogen-bond acceptors (Lipinski definition) is 5. The van der Waals surface area contributed by atoms with E-state index < -0.39 is 12.1 Å². The van der Waals surface area contributed by atoms with E-state index in [-0.39, 0.29) is 22.8 Å². The molecule has 7 heteroatoms. The number of likely N-dealkylation sites (N-methyl/N-ethyl adjacent to an activating group) is 1. The van der Waals surface area contributed by atoms with Crippen LogP contribution in [0.2, 0.25) is 10.0 Å². The van der Waals surface area contributed by atoms with Gasteiger partial charge < -0.3 is 14.4 Å². The number of carbonyl (C=O) groups excluding carboxylic acids is 2. The fourth-order valence-corrected chi connectivity index (χ4v) is 3.98. The number of halogens is 2. The topological polar surface area (TPSA) is 55.8 Å². The summed E-state index contributed by atoms with van der Waals surface area (Å²) in [5, 5.41) is 0.747. The summed E-state index contributed by atoms with van der Waals surface area (Å²) in [5.41, 5.74) is 2.72. The third-order valence-electron chi connectivity index (χ3n) is 5.12. The van der Waals surface area contributed by atoms with Crippen molar-refractivity contribution in [1.82, 2.24) is 0 Å². The normalized spacial score (nSPS) is 16.9. The molecule has 0 amide bonds. The third kappa shape index (κ3) is 4.47. The summed E-state index contributed by atoms with van der Waals surface area (Å²) in [7, 11) is 1.92. The number of allylic oxidation sites excluding steroid dienone is 1. The van der Waals surface area contributed by atoms with Crippen LogP contribution in [-0.2, 0) is 19.7 Å². The van der Waals surface area contributed by atoms with E-state index in [1.165, 1.54) is 19.1 Å². The third-order valence-corrected chi connectivity index (χ3v) is 5.65. The summed E-state index contributed by atoms with van der Waals surface area (Å²) >= 11 is 11.9. The number of ketones is 1. The predicted octanol–water partition coefficient (Wildman–Crippen LogP) is 5.18. The van der Waals surface area contributed by atoms with Gasteiger partial charge >= 0.3 is 5.97 Å². The van der Waals surface area contributed by atoms with Crippen molar-refractivity contribution in [3.05, 3.63) is 69.8 Å². The van der Waals surface area contributed by atoms with Gasteiger partial charge in [0.25, 0.3) is 0 Å². The molecule has 0 radical (unpaired) electrons. The molecule has 0 saturated carbocycles. The molecule has 0 saturated heterocycles. The minimum atomic E-state index is -0.932. The van der Waals surface area contributed by atoms with Crippen molar-refractivity contribution in [2.75, 3.05) is 18.6 Å². The summed E-state index contributed by atoms with van der Waals surface area (Å²) in [6.45, 7) is 5.28. The van der Waals surface area contributed by atoms with Gasteiger partial charge in [-0.3, -0.25) is 4.79 Å². The van der Waals surface area contributed by atoms with Gasteiger partial charge in [0.05, 0.1) is 5.02 Å². The summed E-state index contributed by atoms with van der Waals surface area (Å²) in [4.78, 5) is 26.7. The fourth-order valence-electron chi connectivity index (χ4n) is 3.52. The first-order valence-corrected chi connectivity index (χ1v) is 10.2. The summed E-state index contributed by atoms with van der Waals surface area (Å²) < 4.78 is 10.7. The van der Waals surface area contributed by atoms with Gasteiger partial charge in [0, 0.05) is 34.9 Å². The summed E-state index contributed by atoms with van der Waals surface area (Å²) in [5.74, 6) is -0.649. The van der Waals surface area contributed by atoms with Crippen molar-refractivity contribution < 1.29 is 19.1 Å². The summed E-state index contributed by atoms with van der Waals surface area (Å²) in [6, 6.07) is 12.7. The molecule has 0 N–H and O–H groups in total. The largest absolute Gasteiger partial charge is 0.477 e. The minimum Gasteiger partial charge on any atom is -0.477 e. The number of nitrogens with zero attached hydrogens (tertiary/aromatic N) is 1. The molecular formula is C23H23Cl2NO4. The number of para-hydroxylation sites is 1. The van der Waals surface area contributed by atoms with Gasteiger partial charge in [-0.15, -0.1) is 0 Å². The molecule has 0 spiro atoms. The number of esters is 1. The van der Waals surface area contributed by atoms with E-state index in [0.29, 0.717) is 10.8 Å². The lowest BCUT2D eigenvalue weighted by Crippen LogP contribution is -2.29. The second-order valence-corrected chi connectivity index (χ2v) is 8.48. The highest BCUT2D eigenvalue weighted by Gasteiger charge is 2.38. The zero-order valence-electron chi connectivity index (χ0n) is 17.2. The first-order chi connectivity index (χ1) is 14.1. The number of fused-ring (bicyclic) bond motifs is 1. The van der Waals surface area contributed by atoms with E-state index in [1.807, 2.05) is 30.1 Å². The van der Waals surface area contributed by atoms with Crippen LogP contribution >= 0.6 is 23.2 Å². The minimum absolute atomic E-state index is 0.286. The molecule has 30 heavy (non-hydrogen) atoms. The molecule has 1 aliphatic rings. The highest BCUT2D eigenvalue weighted by atomic mass is 35.5. The lowest BCUT2D eigenvalue weighted by molar-refractivity contribution is -0.153. The molecule has 1 aliphatic heterocycles. The predicted molar refractivity (Wildman–Crippen MR) is 118 cm³/mol. The number of hydrogen-bond donors (Lipinski definition) is 0. The Balaban J connectivity index is 1.62. The molecule has 2 aromatic rings. The van der Waals surface area contributed by atoms with E-state index in [9.17, 15) is 9.59 Å². The van der Waals surface area contributed by atoms with Gasteiger partial charge in [0.15, 0.2) is 18.5 Å². The van der Waals surface area contributed by atoms with Gasteiger partial charge in [0.1, 0.15) is 5.75 Å². The SMILES string of the molecule is CC(Oc1ccc(Cl)cc1Cl)C(=O)OCC(=O)C=C1N(C)c2ccccc2C1(C)C. The van der Waals surface area contributed by atoms with Crippen molar-refractivity contribution in [2.24, 2.45) is 0 Å². The maximum absolute atomic E-state index is 12.5. The Kier molecular flexibility index (Phi) is 6.44. The molecule has 0 aliphatic carbocycles. The van der Waals surface area contributed by atoms with Crippen LogP contribution in [0.25, 0.3) is 0 Å². The van der Waals surface area contributed by atoms with E-state index >= 15 is 0 Å². The molecule has 2 aromatic carbocycles. The Bertz CT molecular complexity index is 1020. The molecule has 1 unspecified atom stereocenters. The number of rotatable bonds is 6. The number of ether oxygens (including phenoxy) is 2. The molecule has 1 atom stereocenters. The molecule has 0 fully saturated rings. The van der Waals surface area contributed by atoms with Gasteiger partial charge in [-0.2, -0.15) is 0 Å². The molecule has 0 aromatic heterocycles. The van der Waals surface area contributed by atoms with Gasteiger partial charge in [-0.1, -0.05) is 55.2 Å². The quantitative estimate of drug-likeness (QED) is 0.450. The van der Waals surface area contributed by atoms with Crippen LogP contribution in [0.15, 0.2) is 54.2 Å². The van der Waals surface area contributed by atoms with Crippen molar-refractivity contribution >= 4 is 40.6 Å². The van der Waals surface area contributed by atoms with E-state index in [1.54, 1.807) is 12.1 Å². The number of benzene rings is 2. The van der Waals surface area contributed by atoms with Crippen LogP contribution in [0.5, 0.6) is 5.75 Å². The second-order valence-electron chi connectivity index (χ2n) is 7.64.